The maximum absolute atomic E-state index is 10.3. The molecule has 23 heavy (non-hydrogen) atoms. The first-order valence-corrected chi connectivity index (χ1v) is 16.3. The second-order valence-corrected chi connectivity index (χ2v) is 15.8. The largest absolute Gasteiger partial charge is 0.744 e. The third kappa shape index (κ3) is 13.0. The van der Waals surface area contributed by atoms with Crippen LogP contribution in [-0.4, -0.2) is 32.7 Å². The van der Waals surface area contributed by atoms with Gasteiger partial charge < -0.3 is 4.55 Å². The molecule has 1 aromatic carbocycles. The molecule has 0 fully saturated rings. The minimum absolute atomic E-state index is 0.185. The van der Waals surface area contributed by atoms with Crippen molar-refractivity contribution in [2.75, 3.05) is 0 Å². The molecule has 0 unspecified atom stereocenters. The second kappa shape index (κ2) is 14.3. The van der Waals surface area contributed by atoms with Crippen molar-refractivity contribution in [2.24, 2.45) is 0 Å². The van der Waals surface area contributed by atoms with Gasteiger partial charge in [0.1, 0.15) is 10.1 Å². The summed E-state index contributed by atoms with van der Waals surface area (Å²) in [6, 6.07) is 7.19. The van der Waals surface area contributed by atoms with E-state index in [2.05, 4.69) is 20.8 Å². The Labute approximate surface area is 150 Å². The first-order valence-electron chi connectivity index (χ1n) is 8.80. The minimum Gasteiger partial charge on any atom is -0.744 e. The van der Waals surface area contributed by atoms with E-state index < -0.39 is 29.9 Å². The van der Waals surface area contributed by atoms with Crippen LogP contribution in [0.4, 0.5) is 0 Å². The van der Waals surface area contributed by atoms with E-state index in [0.717, 1.165) is 0 Å². The Kier molecular flexibility index (Phi) is 14.2. The molecule has 1 aromatic rings. The number of rotatable bonds is 10. The van der Waals surface area contributed by atoms with Gasteiger partial charge in [-0.2, -0.15) is 0 Å². The summed E-state index contributed by atoms with van der Waals surface area (Å²) in [4.78, 5) is -0.185. The van der Waals surface area contributed by atoms with E-state index in [-0.39, 0.29) is 4.90 Å². The minimum atomic E-state index is -4.25. The Bertz CT molecular complexity index is 455. The summed E-state index contributed by atoms with van der Waals surface area (Å²) < 4.78 is 35.9. The predicted octanol–water partition coefficient (Wildman–Crippen LogP) is 5.47. The Morgan fingerprint density at radius 1 is 0.826 bits per heavy atom. The van der Waals surface area contributed by atoms with Gasteiger partial charge in [0.25, 0.3) is 0 Å². The summed E-state index contributed by atoms with van der Waals surface area (Å²) >= 11 is -0.839. The number of hydrogen-bond acceptors (Lipinski definition) is 3. The molecule has 0 heterocycles. The van der Waals surface area contributed by atoms with Gasteiger partial charge in [0.2, 0.25) is 0 Å². The summed E-state index contributed by atoms with van der Waals surface area (Å²) in [5.41, 5.74) is 0. The topological polar surface area (TPSA) is 57.2 Å². The van der Waals surface area contributed by atoms with Crippen LogP contribution in [0.25, 0.3) is 0 Å². The van der Waals surface area contributed by atoms with Crippen molar-refractivity contribution in [1.82, 2.24) is 0 Å². The van der Waals surface area contributed by atoms with E-state index in [1.807, 2.05) is 0 Å². The summed E-state index contributed by atoms with van der Waals surface area (Å²) in [5, 5.41) is 0. The third-order valence-corrected chi connectivity index (χ3v) is 13.6. The average Bonchev–Trinajstić information content (AvgIpc) is 2.55. The fourth-order valence-corrected chi connectivity index (χ4v) is 12.2. The van der Waals surface area contributed by atoms with Gasteiger partial charge in [-0.3, -0.25) is 0 Å². The molecule has 0 amide bonds. The van der Waals surface area contributed by atoms with Crippen LogP contribution in [0.1, 0.15) is 59.3 Å². The number of unbranched alkanes of at least 4 members (excludes halogenated alkanes) is 3. The van der Waals surface area contributed by atoms with Crippen molar-refractivity contribution >= 4 is 29.9 Å². The summed E-state index contributed by atoms with van der Waals surface area (Å²) in [6.07, 6.45) is 8.85. The van der Waals surface area contributed by atoms with E-state index in [0.29, 0.717) is 0 Å². The fourth-order valence-electron chi connectivity index (χ4n) is 2.24. The van der Waals surface area contributed by atoms with E-state index >= 15 is 0 Å². The molecule has 132 valence electrons. The van der Waals surface area contributed by atoms with Crippen LogP contribution in [0.15, 0.2) is 35.2 Å². The molecule has 3 nitrogen and oxygen atoms in total. The molecule has 0 saturated heterocycles. The zero-order valence-electron chi connectivity index (χ0n) is 14.9. The van der Waals surface area contributed by atoms with Crippen molar-refractivity contribution in [2.45, 2.75) is 77.5 Å². The normalized spacial score (nSPS) is 10.8. The molecule has 0 spiro atoms. The molecule has 0 aliphatic heterocycles. The Hall–Kier alpha value is -0.0713. The van der Waals surface area contributed by atoms with Gasteiger partial charge in [-0.05, 0) is 12.1 Å². The smallest absolute Gasteiger partial charge is 0.124 e. The Morgan fingerprint density at radius 3 is 1.48 bits per heavy atom. The van der Waals surface area contributed by atoms with E-state index in [4.69, 9.17) is 0 Å². The summed E-state index contributed by atoms with van der Waals surface area (Å²) in [7, 11) is -4.25. The van der Waals surface area contributed by atoms with E-state index in [9.17, 15) is 13.0 Å². The van der Waals surface area contributed by atoms with Crippen molar-refractivity contribution in [3.05, 3.63) is 30.3 Å². The van der Waals surface area contributed by atoms with Crippen LogP contribution in [0.5, 0.6) is 0 Å². The maximum atomic E-state index is 10.3. The van der Waals surface area contributed by atoms with Gasteiger partial charge in [0.15, 0.2) is 0 Å². The van der Waals surface area contributed by atoms with Crippen LogP contribution < -0.4 is 0 Å². The number of hydrogen-bond donors (Lipinski definition) is 0. The van der Waals surface area contributed by atoms with Gasteiger partial charge in [-0.1, -0.05) is 18.2 Å². The van der Waals surface area contributed by atoms with Gasteiger partial charge >= 0.3 is 92.4 Å². The number of benzene rings is 1. The molecule has 0 N–H and O–H groups in total. The monoisotopic (exact) mass is 448 g/mol. The van der Waals surface area contributed by atoms with E-state index in [1.165, 1.54) is 62.8 Å². The van der Waals surface area contributed by atoms with Crippen molar-refractivity contribution < 1.29 is 13.0 Å². The third-order valence-electron chi connectivity index (χ3n) is 3.68. The molecule has 0 bridgehead atoms. The first kappa shape index (κ1) is 22.9. The fraction of sp³-hybridized carbons (Fsp3) is 0.667. The molecule has 5 heteroatoms. The first-order chi connectivity index (χ1) is 11.0. The zero-order valence-corrected chi connectivity index (χ0v) is 18.6. The van der Waals surface area contributed by atoms with Gasteiger partial charge in [-0.25, -0.2) is 8.42 Å². The molecule has 0 saturated carbocycles. The SMILES string of the molecule is CCC[CH2][Sn+]([CH2]CCC)[CH2]CCC.O=S(=O)([O-])c1ccccc1. The quantitative estimate of drug-likeness (QED) is 0.353. The van der Waals surface area contributed by atoms with Crippen LogP contribution >= 0.6 is 0 Å². The molecule has 0 aromatic heterocycles. The van der Waals surface area contributed by atoms with Crippen LogP contribution in [0, 0.1) is 0 Å². The van der Waals surface area contributed by atoms with Gasteiger partial charge in [0.05, 0.1) is 4.90 Å². The zero-order chi connectivity index (χ0) is 17.6. The molecule has 1 rings (SSSR count). The van der Waals surface area contributed by atoms with Crippen molar-refractivity contribution in [3.8, 4) is 0 Å². The van der Waals surface area contributed by atoms with Crippen molar-refractivity contribution in [1.29, 1.82) is 0 Å². The van der Waals surface area contributed by atoms with Crippen LogP contribution in [0.2, 0.25) is 13.3 Å². The molecule has 0 aliphatic rings. The molecule has 0 radical (unpaired) electrons. The molecular formula is C18H32O3SSn. The summed E-state index contributed by atoms with van der Waals surface area (Å²) in [6.45, 7) is 7.00. The van der Waals surface area contributed by atoms with Crippen LogP contribution in [-0.2, 0) is 10.1 Å². The maximum Gasteiger partial charge on any atom is 0.124 e. The Balaban J connectivity index is 0.000000433. The van der Waals surface area contributed by atoms with Gasteiger partial charge in [0, 0.05) is 0 Å². The predicted molar refractivity (Wildman–Crippen MR) is 99.3 cm³/mol. The molecular weight excluding hydrogens is 415 g/mol. The van der Waals surface area contributed by atoms with E-state index in [1.54, 1.807) is 19.4 Å². The molecule has 0 aliphatic carbocycles. The van der Waals surface area contributed by atoms with Gasteiger partial charge in [-0.15, -0.1) is 0 Å². The van der Waals surface area contributed by atoms with Crippen molar-refractivity contribution in [3.63, 3.8) is 0 Å². The average molecular weight is 447 g/mol. The standard InChI is InChI=1S/C6H6O3S.3C4H9.Sn/c7-10(8,9)6-4-2-1-3-5-6;3*1-3-4-2;/h1-5H,(H,7,8,9);3*1,3-4H2,2H3;/q;;;;+1/p-1. The molecule has 0 atom stereocenters. The Morgan fingerprint density at radius 2 is 1.22 bits per heavy atom. The van der Waals surface area contributed by atoms with Crippen LogP contribution in [0.3, 0.4) is 0 Å². The summed E-state index contributed by atoms with van der Waals surface area (Å²) in [5.74, 6) is 0. The second-order valence-electron chi connectivity index (χ2n) is 5.83.